The lowest BCUT2D eigenvalue weighted by molar-refractivity contribution is 0.156. The SMILES string of the molecule is CC(C)(C)C1CCCC2(CC1)CN=C(N)N2C1CC1. The van der Waals surface area contributed by atoms with Crippen molar-refractivity contribution in [1.29, 1.82) is 0 Å². The minimum absolute atomic E-state index is 0.283. The molecule has 0 amide bonds. The van der Waals surface area contributed by atoms with E-state index in [1.807, 2.05) is 0 Å². The molecule has 3 nitrogen and oxygen atoms in total. The predicted molar refractivity (Wildman–Crippen MR) is 80.1 cm³/mol. The van der Waals surface area contributed by atoms with Gasteiger partial charge in [-0.3, -0.25) is 4.99 Å². The highest BCUT2D eigenvalue weighted by Crippen LogP contribution is 2.46. The molecule has 0 bridgehead atoms. The molecule has 2 saturated carbocycles. The highest BCUT2D eigenvalue weighted by atomic mass is 15.4. The van der Waals surface area contributed by atoms with Gasteiger partial charge in [-0.1, -0.05) is 27.2 Å². The van der Waals surface area contributed by atoms with E-state index in [2.05, 4.69) is 30.7 Å². The van der Waals surface area contributed by atoms with Crippen LogP contribution in [0.4, 0.5) is 0 Å². The molecule has 1 heterocycles. The fourth-order valence-corrected chi connectivity index (χ4v) is 4.19. The van der Waals surface area contributed by atoms with Crippen molar-refractivity contribution in [2.24, 2.45) is 22.1 Å². The third kappa shape index (κ3) is 2.36. The monoisotopic (exact) mass is 263 g/mol. The minimum atomic E-state index is 0.283. The summed E-state index contributed by atoms with van der Waals surface area (Å²) in [6, 6.07) is 0.706. The third-order valence-corrected chi connectivity index (χ3v) is 5.58. The first-order valence-corrected chi connectivity index (χ1v) is 8.02. The molecule has 1 spiro atoms. The Hall–Kier alpha value is -0.730. The molecule has 0 aromatic carbocycles. The van der Waals surface area contributed by atoms with Crippen LogP contribution in [-0.2, 0) is 0 Å². The number of hydrogen-bond acceptors (Lipinski definition) is 3. The Bertz CT molecular complexity index is 378. The summed E-state index contributed by atoms with van der Waals surface area (Å²) in [7, 11) is 0. The second-order valence-corrected chi connectivity index (χ2v) is 7.99. The second kappa shape index (κ2) is 4.39. The molecule has 2 aliphatic carbocycles. The Morgan fingerprint density at radius 3 is 2.53 bits per heavy atom. The van der Waals surface area contributed by atoms with Crippen LogP contribution in [-0.4, -0.2) is 29.0 Å². The van der Waals surface area contributed by atoms with Gasteiger partial charge in [0.05, 0.1) is 12.1 Å². The van der Waals surface area contributed by atoms with E-state index in [0.717, 1.165) is 18.4 Å². The number of nitrogens with zero attached hydrogens (tertiary/aromatic N) is 2. The summed E-state index contributed by atoms with van der Waals surface area (Å²) in [5.74, 6) is 1.69. The molecular weight excluding hydrogens is 234 g/mol. The summed E-state index contributed by atoms with van der Waals surface area (Å²) in [4.78, 5) is 7.12. The van der Waals surface area contributed by atoms with Crippen molar-refractivity contribution in [3.05, 3.63) is 0 Å². The van der Waals surface area contributed by atoms with Gasteiger partial charge in [0.25, 0.3) is 0 Å². The summed E-state index contributed by atoms with van der Waals surface area (Å²) in [6.07, 6.45) is 9.28. The van der Waals surface area contributed by atoms with Gasteiger partial charge in [-0.2, -0.15) is 0 Å². The molecule has 2 unspecified atom stereocenters. The normalized spacial score (nSPS) is 36.5. The van der Waals surface area contributed by atoms with Crippen molar-refractivity contribution < 1.29 is 0 Å². The number of hydrogen-bond donors (Lipinski definition) is 1. The standard InChI is InChI=1S/C16H29N3/c1-15(2,3)12-5-4-9-16(10-8-12)11-18-14(17)19(16)13-6-7-13/h12-13H,4-11H2,1-3H3,(H2,17,18). The van der Waals surface area contributed by atoms with E-state index in [1.165, 1.54) is 44.9 Å². The van der Waals surface area contributed by atoms with Crippen molar-refractivity contribution in [3.8, 4) is 0 Å². The lowest BCUT2D eigenvalue weighted by atomic mass is 9.76. The van der Waals surface area contributed by atoms with Gasteiger partial charge in [0.1, 0.15) is 0 Å². The van der Waals surface area contributed by atoms with Gasteiger partial charge < -0.3 is 10.6 Å². The molecule has 3 heteroatoms. The fourth-order valence-electron chi connectivity index (χ4n) is 4.19. The van der Waals surface area contributed by atoms with Gasteiger partial charge in [-0.15, -0.1) is 0 Å². The Balaban J connectivity index is 1.75. The molecule has 3 aliphatic rings. The van der Waals surface area contributed by atoms with Crippen molar-refractivity contribution in [2.75, 3.05) is 6.54 Å². The van der Waals surface area contributed by atoms with Gasteiger partial charge in [0.2, 0.25) is 0 Å². The van der Waals surface area contributed by atoms with Gasteiger partial charge in [-0.25, -0.2) is 0 Å². The average Bonchev–Trinajstić information content (AvgIpc) is 3.10. The molecule has 0 saturated heterocycles. The van der Waals surface area contributed by atoms with Crippen LogP contribution >= 0.6 is 0 Å². The van der Waals surface area contributed by atoms with Crippen molar-refractivity contribution >= 4 is 5.96 Å². The van der Waals surface area contributed by atoms with E-state index in [0.29, 0.717) is 11.5 Å². The molecule has 0 aromatic heterocycles. The highest BCUT2D eigenvalue weighted by molar-refractivity contribution is 5.81. The molecule has 0 aromatic rings. The predicted octanol–water partition coefficient (Wildman–Crippen LogP) is 3.14. The number of guanidine groups is 1. The lowest BCUT2D eigenvalue weighted by Gasteiger charge is -2.39. The molecule has 2 atom stereocenters. The van der Waals surface area contributed by atoms with E-state index in [1.54, 1.807) is 0 Å². The lowest BCUT2D eigenvalue weighted by Crippen LogP contribution is -2.52. The summed E-state index contributed by atoms with van der Waals surface area (Å²) in [5.41, 5.74) is 6.90. The maximum absolute atomic E-state index is 6.17. The molecule has 108 valence electrons. The van der Waals surface area contributed by atoms with Gasteiger partial charge >= 0.3 is 0 Å². The zero-order valence-electron chi connectivity index (χ0n) is 12.8. The number of rotatable bonds is 1. The Kier molecular flexibility index (Phi) is 3.06. The van der Waals surface area contributed by atoms with Crippen LogP contribution in [0.1, 0.15) is 65.7 Å². The molecule has 2 fully saturated rings. The maximum atomic E-state index is 6.17. The maximum Gasteiger partial charge on any atom is 0.192 e. The van der Waals surface area contributed by atoms with Gasteiger partial charge in [0, 0.05) is 6.04 Å². The van der Waals surface area contributed by atoms with E-state index < -0.39 is 0 Å². The van der Waals surface area contributed by atoms with Crippen LogP contribution < -0.4 is 5.73 Å². The van der Waals surface area contributed by atoms with Crippen LogP contribution in [0.3, 0.4) is 0 Å². The molecule has 19 heavy (non-hydrogen) atoms. The zero-order chi connectivity index (χ0) is 13.7. The second-order valence-electron chi connectivity index (χ2n) is 7.99. The Labute approximate surface area is 117 Å². The van der Waals surface area contributed by atoms with E-state index in [4.69, 9.17) is 5.73 Å². The van der Waals surface area contributed by atoms with Crippen molar-refractivity contribution in [3.63, 3.8) is 0 Å². The third-order valence-electron chi connectivity index (χ3n) is 5.58. The molecular formula is C16H29N3. The highest BCUT2D eigenvalue weighted by Gasteiger charge is 2.49. The largest absolute Gasteiger partial charge is 0.370 e. The van der Waals surface area contributed by atoms with Crippen LogP contribution in [0, 0.1) is 11.3 Å². The Morgan fingerprint density at radius 2 is 1.89 bits per heavy atom. The van der Waals surface area contributed by atoms with Gasteiger partial charge in [-0.05, 0) is 49.9 Å². The summed E-state index contributed by atoms with van der Waals surface area (Å²) < 4.78 is 0. The first kappa shape index (κ1) is 13.3. The quantitative estimate of drug-likeness (QED) is 0.789. The summed E-state index contributed by atoms with van der Waals surface area (Å²) in [6.45, 7) is 8.14. The molecule has 1 aliphatic heterocycles. The van der Waals surface area contributed by atoms with E-state index >= 15 is 0 Å². The minimum Gasteiger partial charge on any atom is -0.370 e. The average molecular weight is 263 g/mol. The first-order chi connectivity index (χ1) is 8.92. The number of aliphatic imine (C=N–C) groups is 1. The topological polar surface area (TPSA) is 41.6 Å². The fraction of sp³-hybridized carbons (Fsp3) is 0.938. The Morgan fingerprint density at radius 1 is 1.16 bits per heavy atom. The van der Waals surface area contributed by atoms with Crippen LogP contribution in [0.2, 0.25) is 0 Å². The summed E-state index contributed by atoms with van der Waals surface area (Å²) in [5, 5.41) is 0. The van der Waals surface area contributed by atoms with Crippen LogP contribution in [0.25, 0.3) is 0 Å². The van der Waals surface area contributed by atoms with Crippen molar-refractivity contribution in [2.45, 2.75) is 77.3 Å². The van der Waals surface area contributed by atoms with E-state index in [9.17, 15) is 0 Å². The summed E-state index contributed by atoms with van der Waals surface area (Å²) >= 11 is 0. The van der Waals surface area contributed by atoms with Gasteiger partial charge in [0.15, 0.2) is 5.96 Å². The smallest absolute Gasteiger partial charge is 0.192 e. The van der Waals surface area contributed by atoms with E-state index in [-0.39, 0.29) is 5.54 Å². The zero-order valence-corrected chi connectivity index (χ0v) is 12.8. The number of nitrogens with two attached hydrogens (primary N) is 1. The molecule has 0 radical (unpaired) electrons. The van der Waals surface area contributed by atoms with Crippen LogP contribution in [0.15, 0.2) is 4.99 Å². The van der Waals surface area contributed by atoms with Crippen LogP contribution in [0.5, 0.6) is 0 Å². The molecule has 3 rings (SSSR count). The molecule has 2 N–H and O–H groups in total. The van der Waals surface area contributed by atoms with Crippen molar-refractivity contribution in [1.82, 2.24) is 4.90 Å². The first-order valence-electron chi connectivity index (χ1n) is 8.02.